The first-order valence-corrected chi connectivity index (χ1v) is 11.0. The smallest absolute Gasteiger partial charge is 0.322 e. The number of imide groups is 1. The summed E-state index contributed by atoms with van der Waals surface area (Å²) in [6.45, 7) is 8.75. The van der Waals surface area contributed by atoms with Gasteiger partial charge in [0.15, 0.2) is 0 Å². The van der Waals surface area contributed by atoms with Crippen LogP contribution in [-0.4, -0.2) is 55.1 Å². The van der Waals surface area contributed by atoms with Crippen molar-refractivity contribution in [3.63, 3.8) is 0 Å². The van der Waals surface area contributed by atoms with Gasteiger partial charge < -0.3 is 10.6 Å². The molecule has 8 nitrogen and oxygen atoms in total. The summed E-state index contributed by atoms with van der Waals surface area (Å²) in [6, 6.07) is 4.27. The zero-order valence-electron chi connectivity index (χ0n) is 18.6. The maximum Gasteiger partial charge on any atom is 0.327 e. The van der Waals surface area contributed by atoms with Crippen LogP contribution < -0.4 is 5.73 Å². The van der Waals surface area contributed by atoms with Gasteiger partial charge >= 0.3 is 6.03 Å². The molecule has 1 saturated heterocycles. The van der Waals surface area contributed by atoms with Gasteiger partial charge in [0, 0.05) is 17.6 Å². The van der Waals surface area contributed by atoms with Crippen molar-refractivity contribution in [1.29, 1.82) is 0 Å². The van der Waals surface area contributed by atoms with Crippen LogP contribution in [0.1, 0.15) is 52.5 Å². The van der Waals surface area contributed by atoms with Gasteiger partial charge in [0.05, 0.1) is 18.3 Å². The van der Waals surface area contributed by atoms with Crippen LogP contribution in [0.5, 0.6) is 0 Å². The summed E-state index contributed by atoms with van der Waals surface area (Å²) < 4.78 is 1.59. The van der Waals surface area contributed by atoms with Crippen molar-refractivity contribution < 1.29 is 9.59 Å². The third-order valence-electron chi connectivity index (χ3n) is 5.48. The number of carbonyl (C=O) groups excluding carboxylic acids is 2. The van der Waals surface area contributed by atoms with E-state index in [1.165, 1.54) is 11.2 Å². The first-order chi connectivity index (χ1) is 14.6. The monoisotopic (exact) mass is 446 g/mol. The SMILES string of the molecule is C[C@@H]1CCCN1C(=O)N(Cc1cc(Cl)ccc1-n1cncn1)C(=O)[C@H](N)CC(C)(C)C. The molecular formula is C22H31ClN6O2. The Bertz CT molecular complexity index is 925. The molecule has 0 bridgehead atoms. The topological polar surface area (TPSA) is 97.4 Å². The molecule has 2 atom stereocenters. The highest BCUT2D eigenvalue weighted by Gasteiger charge is 2.35. The van der Waals surface area contributed by atoms with Crippen molar-refractivity contribution in [2.24, 2.45) is 11.1 Å². The highest BCUT2D eigenvalue weighted by atomic mass is 35.5. The molecular weight excluding hydrogens is 416 g/mol. The molecule has 0 radical (unpaired) electrons. The molecule has 3 amide bonds. The second-order valence-electron chi connectivity index (χ2n) is 9.38. The van der Waals surface area contributed by atoms with Gasteiger partial charge in [-0.1, -0.05) is 32.4 Å². The minimum absolute atomic E-state index is 0.0501. The Kier molecular flexibility index (Phi) is 7.01. The fourth-order valence-corrected chi connectivity index (χ4v) is 4.16. The first kappa shape index (κ1) is 23.2. The second kappa shape index (κ2) is 9.36. The van der Waals surface area contributed by atoms with E-state index in [9.17, 15) is 9.59 Å². The molecule has 0 aliphatic carbocycles. The minimum atomic E-state index is -0.782. The molecule has 0 saturated carbocycles. The van der Waals surface area contributed by atoms with Crippen molar-refractivity contribution in [3.05, 3.63) is 41.4 Å². The number of aromatic nitrogens is 3. The third kappa shape index (κ3) is 5.62. The number of hydrogen-bond acceptors (Lipinski definition) is 5. The molecule has 1 aromatic heterocycles. The lowest BCUT2D eigenvalue weighted by atomic mass is 9.88. The van der Waals surface area contributed by atoms with Gasteiger partial charge in [-0.15, -0.1) is 0 Å². The number of likely N-dealkylation sites (tertiary alicyclic amines) is 1. The largest absolute Gasteiger partial charge is 0.327 e. The molecule has 2 N–H and O–H groups in total. The van der Waals surface area contributed by atoms with E-state index < -0.39 is 6.04 Å². The van der Waals surface area contributed by atoms with Crippen LogP contribution in [0.2, 0.25) is 5.02 Å². The van der Waals surface area contributed by atoms with Crippen LogP contribution in [0.25, 0.3) is 5.69 Å². The molecule has 31 heavy (non-hydrogen) atoms. The Balaban J connectivity index is 1.96. The summed E-state index contributed by atoms with van der Waals surface area (Å²) >= 11 is 6.25. The zero-order chi connectivity index (χ0) is 22.8. The predicted octanol–water partition coefficient (Wildman–Crippen LogP) is 3.62. The molecule has 3 rings (SSSR count). The molecule has 0 unspecified atom stereocenters. The lowest BCUT2D eigenvalue weighted by molar-refractivity contribution is -0.131. The van der Waals surface area contributed by atoms with Crippen LogP contribution in [0.15, 0.2) is 30.9 Å². The van der Waals surface area contributed by atoms with Gasteiger partial charge in [-0.2, -0.15) is 5.10 Å². The molecule has 1 fully saturated rings. The second-order valence-corrected chi connectivity index (χ2v) is 9.81. The summed E-state index contributed by atoms with van der Waals surface area (Å²) in [7, 11) is 0. The van der Waals surface area contributed by atoms with E-state index in [1.54, 1.807) is 34.1 Å². The fraction of sp³-hybridized carbons (Fsp3) is 0.545. The van der Waals surface area contributed by atoms with Crippen LogP contribution in [0, 0.1) is 5.41 Å². The maximum absolute atomic E-state index is 13.5. The summed E-state index contributed by atoms with van der Waals surface area (Å²) in [5.74, 6) is -0.386. The summed E-state index contributed by atoms with van der Waals surface area (Å²) in [5, 5.41) is 4.69. The number of amides is 3. The molecule has 2 aromatic rings. The van der Waals surface area contributed by atoms with Crippen LogP contribution in [-0.2, 0) is 11.3 Å². The lowest BCUT2D eigenvalue weighted by Crippen LogP contribution is -2.52. The van der Waals surface area contributed by atoms with Gasteiger partial charge in [0.2, 0.25) is 5.91 Å². The number of urea groups is 1. The van der Waals surface area contributed by atoms with Crippen molar-refractivity contribution in [1.82, 2.24) is 24.6 Å². The van der Waals surface area contributed by atoms with Gasteiger partial charge in [0.1, 0.15) is 12.7 Å². The van der Waals surface area contributed by atoms with Crippen LogP contribution in [0.4, 0.5) is 4.79 Å². The quantitative estimate of drug-likeness (QED) is 0.756. The Morgan fingerprint density at radius 2 is 2.10 bits per heavy atom. The molecule has 0 spiro atoms. The summed E-state index contributed by atoms with van der Waals surface area (Å²) in [5.41, 5.74) is 7.52. The molecule has 1 aromatic carbocycles. The number of nitrogens with zero attached hydrogens (tertiary/aromatic N) is 5. The molecule has 168 valence electrons. The minimum Gasteiger partial charge on any atom is -0.322 e. The highest BCUT2D eigenvalue weighted by Crippen LogP contribution is 2.26. The normalized spacial score (nSPS) is 17.6. The summed E-state index contributed by atoms with van der Waals surface area (Å²) in [6.07, 6.45) is 5.30. The zero-order valence-corrected chi connectivity index (χ0v) is 19.3. The van der Waals surface area contributed by atoms with Gasteiger partial charge in [-0.05, 0) is 55.4 Å². The van der Waals surface area contributed by atoms with Gasteiger partial charge in [-0.3, -0.25) is 9.69 Å². The number of benzene rings is 1. The summed E-state index contributed by atoms with van der Waals surface area (Å²) in [4.78, 5) is 33.9. The van der Waals surface area contributed by atoms with Crippen molar-refractivity contribution in [2.75, 3.05) is 6.54 Å². The van der Waals surface area contributed by atoms with E-state index in [4.69, 9.17) is 17.3 Å². The van der Waals surface area contributed by atoms with Crippen molar-refractivity contribution in [2.45, 2.75) is 65.6 Å². The average Bonchev–Trinajstić information content (AvgIpc) is 3.35. The first-order valence-electron chi connectivity index (χ1n) is 10.6. The van der Waals surface area contributed by atoms with Crippen molar-refractivity contribution >= 4 is 23.5 Å². The molecule has 1 aliphatic rings. The standard InChI is InChI=1S/C22H31ClN6O2/c1-15-6-5-9-27(15)21(31)28(20(30)18(24)11-22(2,3)4)12-16-10-17(23)7-8-19(16)29-14-25-13-26-29/h7-8,10,13-15,18H,5-6,9,11-12,24H2,1-4H3/t15-,18-/m1/s1. The van der Waals surface area contributed by atoms with Crippen LogP contribution in [0.3, 0.4) is 0 Å². The van der Waals surface area contributed by atoms with E-state index in [2.05, 4.69) is 10.1 Å². The third-order valence-corrected chi connectivity index (χ3v) is 5.72. The number of hydrogen-bond donors (Lipinski definition) is 1. The number of halogens is 1. The molecule has 2 heterocycles. The Morgan fingerprint density at radius 1 is 1.35 bits per heavy atom. The number of nitrogens with two attached hydrogens (primary N) is 1. The Labute approximate surface area is 188 Å². The van der Waals surface area contributed by atoms with E-state index >= 15 is 0 Å². The lowest BCUT2D eigenvalue weighted by Gasteiger charge is -2.32. The van der Waals surface area contributed by atoms with Gasteiger partial charge in [-0.25, -0.2) is 14.5 Å². The predicted molar refractivity (Wildman–Crippen MR) is 120 cm³/mol. The van der Waals surface area contributed by atoms with Crippen LogP contribution >= 0.6 is 11.6 Å². The van der Waals surface area contributed by atoms with E-state index in [0.717, 1.165) is 12.8 Å². The fourth-order valence-electron chi connectivity index (χ4n) is 3.97. The maximum atomic E-state index is 13.5. The number of rotatable bonds is 5. The van der Waals surface area contributed by atoms with Crippen molar-refractivity contribution in [3.8, 4) is 5.69 Å². The Morgan fingerprint density at radius 3 is 2.68 bits per heavy atom. The Hall–Kier alpha value is -2.45. The molecule has 1 aliphatic heterocycles. The van der Waals surface area contributed by atoms with E-state index in [-0.39, 0.29) is 29.9 Å². The van der Waals surface area contributed by atoms with E-state index in [0.29, 0.717) is 29.2 Å². The van der Waals surface area contributed by atoms with E-state index in [1.807, 2.05) is 27.7 Å². The number of carbonyl (C=O) groups is 2. The molecule has 9 heteroatoms. The van der Waals surface area contributed by atoms with Gasteiger partial charge in [0.25, 0.3) is 0 Å². The average molecular weight is 447 g/mol. The highest BCUT2D eigenvalue weighted by molar-refractivity contribution is 6.30.